The standard InChI is InChI=1S/C23H39NO5/c1-8-10-28-24-19-12-14(3)11-16(5)21(25)17(6)13-15(4)20(9-2)29-23(27)18(7)22(19)26/h11,13,15-16,18,20-22,25-26H,8-10,12H2,1-7H3/b14-11+,17-13+,24-19+/t15?,16?,18-,20+,21?,22?/m1/s1. The first-order valence-electron chi connectivity index (χ1n) is 10.7. The van der Waals surface area contributed by atoms with E-state index in [1.807, 2.05) is 53.7 Å². The molecule has 6 atom stereocenters. The Morgan fingerprint density at radius 2 is 1.76 bits per heavy atom. The van der Waals surface area contributed by atoms with E-state index in [0.717, 1.165) is 17.6 Å². The van der Waals surface area contributed by atoms with E-state index in [0.29, 0.717) is 25.2 Å². The van der Waals surface area contributed by atoms with Gasteiger partial charge in [-0.05, 0) is 39.2 Å². The number of cyclic esters (lactones) is 1. The van der Waals surface area contributed by atoms with Gasteiger partial charge < -0.3 is 19.8 Å². The largest absolute Gasteiger partial charge is 0.461 e. The van der Waals surface area contributed by atoms with Crippen LogP contribution in [0.5, 0.6) is 0 Å². The molecule has 1 aliphatic heterocycles. The Bertz CT molecular complexity index is 625. The average Bonchev–Trinajstić information content (AvgIpc) is 2.68. The zero-order chi connectivity index (χ0) is 22.1. The van der Waals surface area contributed by atoms with Gasteiger partial charge in [-0.15, -0.1) is 0 Å². The van der Waals surface area contributed by atoms with Gasteiger partial charge in [-0.3, -0.25) is 4.79 Å². The summed E-state index contributed by atoms with van der Waals surface area (Å²) < 4.78 is 5.72. The van der Waals surface area contributed by atoms with Crippen LogP contribution >= 0.6 is 0 Å². The topological polar surface area (TPSA) is 88.4 Å². The molecule has 1 aliphatic rings. The first-order chi connectivity index (χ1) is 13.6. The van der Waals surface area contributed by atoms with Crippen molar-refractivity contribution in [3.8, 4) is 0 Å². The molecule has 29 heavy (non-hydrogen) atoms. The predicted octanol–water partition coefficient (Wildman–Crippen LogP) is 4.02. The van der Waals surface area contributed by atoms with Gasteiger partial charge in [0.1, 0.15) is 18.8 Å². The van der Waals surface area contributed by atoms with Crippen LogP contribution in [0.15, 0.2) is 28.5 Å². The zero-order valence-corrected chi connectivity index (χ0v) is 19.0. The minimum absolute atomic E-state index is 0.0517. The maximum atomic E-state index is 12.7. The van der Waals surface area contributed by atoms with Crippen molar-refractivity contribution >= 4 is 11.7 Å². The van der Waals surface area contributed by atoms with Crippen LogP contribution in [0.3, 0.4) is 0 Å². The highest BCUT2D eigenvalue weighted by Gasteiger charge is 2.31. The molecule has 0 amide bonds. The molecule has 0 radical (unpaired) electrons. The lowest BCUT2D eigenvalue weighted by Crippen LogP contribution is -2.37. The van der Waals surface area contributed by atoms with Crippen LogP contribution in [0.1, 0.15) is 67.7 Å². The van der Waals surface area contributed by atoms with E-state index >= 15 is 0 Å². The first kappa shape index (κ1) is 25.4. The van der Waals surface area contributed by atoms with Crippen LogP contribution in [0, 0.1) is 17.8 Å². The number of carbonyl (C=O) groups is 1. The van der Waals surface area contributed by atoms with Crippen LogP contribution in [0.4, 0.5) is 0 Å². The molecule has 0 fully saturated rings. The van der Waals surface area contributed by atoms with E-state index in [1.165, 1.54) is 0 Å². The van der Waals surface area contributed by atoms with Crippen molar-refractivity contribution in [2.75, 3.05) is 6.61 Å². The Kier molecular flexibility index (Phi) is 10.6. The molecular weight excluding hydrogens is 370 g/mol. The van der Waals surface area contributed by atoms with Crippen molar-refractivity contribution in [3.63, 3.8) is 0 Å². The second-order valence-corrected chi connectivity index (χ2v) is 8.30. The second kappa shape index (κ2) is 12.1. The van der Waals surface area contributed by atoms with Crippen molar-refractivity contribution in [2.45, 2.75) is 86.0 Å². The molecule has 4 unspecified atom stereocenters. The highest BCUT2D eigenvalue weighted by atomic mass is 16.6. The fourth-order valence-electron chi connectivity index (χ4n) is 3.57. The molecule has 0 spiro atoms. The molecule has 6 nitrogen and oxygen atoms in total. The third kappa shape index (κ3) is 7.59. The Hall–Kier alpha value is -1.66. The summed E-state index contributed by atoms with van der Waals surface area (Å²) in [5, 5.41) is 25.6. The normalized spacial score (nSPS) is 37.7. The predicted molar refractivity (Wildman–Crippen MR) is 115 cm³/mol. The number of ether oxygens (including phenoxy) is 1. The first-order valence-corrected chi connectivity index (χ1v) is 10.7. The molecule has 2 N–H and O–H groups in total. The van der Waals surface area contributed by atoms with E-state index in [4.69, 9.17) is 9.57 Å². The number of aliphatic hydroxyl groups is 2. The lowest BCUT2D eigenvalue weighted by Gasteiger charge is -2.27. The summed E-state index contributed by atoms with van der Waals surface area (Å²) in [5.74, 6) is -1.37. The van der Waals surface area contributed by atoms with E-state index in [-0.39, 0.29) is 17.9 Å². The summed E-state index contributed by atoms with van der Waals surface area (Å²) in [6.45, 7) is 13.8. The molecular formula is C23H39NO5. The number of rotatable bonds is 4. The number of hydrogen-bond donors (Lipinski definition) is 2. The molecule has 0 bridgehead atoms. The summed E-state index contributed by atoms with van der Waals surface area (Å²) in [6.07, 6.45) is 3.70. The maximum Gasteiger partial charge on any atom is 0.311 e. The van der Waals surface area contributed by atoms with E-state index in [2.05, 4.69) is 5.16 Å². The molecule has 1 heterocycles. The highest BCUT2D eigenvalue weighted by molar-refractivity contribution is 5.93. The van der Waals surface area contributed by atoms with E-state index in [9.17, 15) is 15.0 Å². The average molecular weight is 410 g/mol. The minimum Gasteiger partial charge on any atom is -0.461 e. The molecule has 166 valence electrons. The number of hydrogen-bond acceptors (Lipinski definition) is 6. The number of aliphatic hydroxyl groups excluding tert-OH is 2. The molecule has 0 aromatic heterocycles. The van der Waals surface area contributed by atoms with Gasteiger partial charge in [0.2, 0.25) is 0 Å². The molecule has 6 heteroatoms. The van der Waals surface area contributed by atoms with Crippen molar-refractivity contribution < 1.29 is 24.6 Å². The smallest absolute Gasteiger partial charge is 0.311 e. The number of oxime groups is 1. The van der Waals surface area contributed by atoms with Gasteiger partial charge >= 0.3 is 5.97 Å². The number of carbonyl (C=O) groups excluding carboxylic acids is 1. The van der Waals surface area contributed by atoms with Gasteiger partial charge in [-0.25, -0.2) is 0 Å². The van der Waals surface area contributed by atoms with Crippen LogP contribution in [0.2, 0.25) is 0 Å². The van der Waals surface area contributed by atoms with Crippen LogP contribution in [-0.2, 0) is 14.4 Å². The lowest BCUT2D eigenvalue weighted by molar-refractivity contribution is -0.157. The minimum atomic E-state index is -1.10. The summed E-state index contributed by atoms with van der Waals surface area (Å²) in [7, 11) is 0. The van der Waals surface area contributed by atoms with Crippen molar-refractivity contribution in [2.24, 2.45) is 22.9 Å². The summed E-state index contributed by atoms with van der Waals surface area (Å²) in [6, 6.07) is 0. The highest BCUT2D eigenvalue weighted by Crippen LogP contribution is 2.24. The molecule has 1 rings (SSSR count). The molecule has 0 aromatic carbocycles. The Morgan fingerprint density at radius 3 is 2.34 bits per heavy atom. The summed E-state index contributed by atoms with van der Waals surface area (Å²) in [4.78, 5) is 18.0. The quantitative estimate of drug-likeness (QED) is 0.317. The van der Waals surface area contributed by atoms with Crippen molar-refractivity contribution in [1.82, 2.24) is 0 Å². The third-order valence-corrected chi connectivity index (χ3v) is 5.42. The monoisotopic (exact) mass is 409 g/mol. The van der Waals surface area contributed by atoms with Crippen LogP contribution in [-0.4, -0.2) is 46.8 Å². The van der Waals surface area contributed by atoms with Gasteiger partial charge in [0.15, 0.2) is 0 Å². The van der Waals surface area contributed by atoms with Gasteiger partial charge in [0.25, 0.3) is 0 Å². The van der Waals surface area contributed by atoms with Gasteiger partial charge in [-0.2, -0.15) is 0 Å². The molecule has 0 saturated carbocycles. The van der Waals surface area contributed by atoms with E-state index < -0.39 is 24.1 Å². The van der Waals surface area contributed by atoms with Crippen LogP contribution in [0.25, 0.3) is 0 Å². The summed E-state index contributed by atoms with van der Waals surface area (Å²) in [5.41, 5.74) is 2.19. The SMILES string of the molecule is CCCO/N=C1\C/C(C)=C/C(C)C(O)/C(C)=C/C(C)[C@H](CC)OC(=O)[C@H](C)C1O. The van der Waals surface area contributed by atoms with Crippen molar-refractivity contribution in [1.29, 1.82) is 0 Å². The Labute approximate surface area is 175 Å². The van der Waals surface area contributed by atoms with Crippen LogP contribution < -0.4 is 0 Å². The molecule has 0 aliphatic carbocycles. The number of esters is 1. The third-order valence-electron chi connectivity index (χ3n) is 5.42. The van der Waals surface area contributed by atoms with Gasteiger partial charge in [0.05, 0.1) is 17.7 Å². The molecule has 0 saturated heterocycles. The van der Waals surface area contributed by atoms with Gasteiger partial charge in [-0.1, -0.05) is 50.6 Å². The Balaban J connectivity index is 3.33. The fraction of sp³-hybridized carbons (Fsp3) is 0.739. The lowest BCUT2D eigenvalue weighted by atomic mass is 9.89. The second-order valence-electron chi connectivity index (χ2n) is 8.30. The zero-order valence-electron chi connectivity index (χ0n) is 19.0. The summed E-state index contributed by atoms with van der Waals surface area (Å²) >= 11 is 0. The molecule has 0 aromatic rings. The van der Waals surface area contributed by atoms with E-state index in [1.54, 1.807) is 6.92 Å². The van der Waals surface area contributed by atoms with Gasteiger partial charge in [0, 0.05) is 18.3 Å². The fourth-order valence-corrected chi connectivity index (χ4v) is 3.57. The number of nitrogens with zero attached hydrogens (tertiary/aromatic N) is 1. The Morgan fingerprint density at radius 1 is 1.10 bits per heavy atom. The van der Waals surface area contributed by atoms with Crippen molar-refractivity contribution in [3.05, 3.63) is 23.3 Å². The number of allylic oxidation sites excluding steroid dienone is 1. The maximum absolute atomic E-state index is 12.7.